The van der Waals surface area contributed by atoms with Crippen LogP contribution in [0.5, 0.6) is 0 Å². The Kier molecular flexibility index (Phi) is 6.10. The maximum absolute atomic E-state index is 12.1. The summed E-state index contributed by atoms with van der Waals surface area (Å²) in [5, 5.41) is 9.25. The van der Waals surface area contributed by atoms with Gasteiger partial charge in [-0.05, 0) is 31.5 Å². The molecule has 0 amide bonds. The van der Waals surface area contributed by atoms with Crippen LogP contribution in [0.1, 0.15) is 19.8 Å². The third kappa shape index (κ3) is 4.54. The van der Waals surface area contributed by atoms with Crippen LogP contribution in [0.2, 0.25) is 10.0 Å². The minimum absolute atomic E-state index is 0.0442. The van der Waals surface area contributed by atoms with Crippen molar-refractivity contribution in [2.24, 2.45) is 0 Å². The summed E-state index contributed by atoms with van der Waals surface area (Å²) in [6.45, 7) is 1.56. The van der Waals surface area contributed by atoms with E-state index in [2.05, 4.69) is 0 Å². The SMILES string of the molecule is CCS(=O)(=O)N(CCCC(=O)O)c1cc(Cl)ccc1Cl. The normalized spacial score (nSPS) is 11.3. The number of carboxylic acid groups (broad SMARTS) is 1. The van der Waals surface area contributed by atoms with E-state index in [1.165, 1.54) is 19.1 Å². The van der Waals surface area contributed by atoms with Crippen LogP contribution >= 0.6 is 23.2 Å². The summed E-state index contributed by atoms with van der Waals surface area (Å²) in [7, 11) is -3.55. The number of carbonyl (C=O) groups is 1. The van der Waals surface area contributed by atoms with Gasteiger partial charge in [-0.3, -0.25) is 9.10 Å². The van der Waals surface area contributed by atoms with Crippen molar-refractivity contribution in [1.29, 1.82) is 0 Å². The van der Waals surface area contributed by atoms with Gasteiger partial charge in [-0.15, -0.1) is 0 Å². The number of halogens is 2. The first-order valence-corrected chi connectivity index (χ1v) is 8.31. The van der Waals surface area contributed by atoms with Crippen molar-refractivity contribution >= 4 is 44.9 Å². The van der Waals surface area contributed by atoms with Gasteiger partial charge >= 0.3 is 5.97 Å². The molecular formula is C12H15Cl2NO4S. The summed E-state index contributed by atoms with van der Waals surface area (Å²) < 4.78 is 25.3. The predicted octanol–water partition coefficient (Wildman–Crippen LogP) is 3.01. The fraction of sp³-hybridized carbons (Fsp3) is 0.417. The lowest BCUT2D eigenvalue weighted by Crippen LogP contribution is -2.33. The van der Waals surface area contributed by atoms with Crippen molar-refractivity contribution < 1.29 is 18.3 Å². The number of hydrogen-bond acceptors (Lipinski definition) is 3. The summed E-state index contributed by atoms with van der Waals surface area (Å²) in [6, 6.07) is 4.52. The van der Waals surface area contributed by atoms with E-state index in [4.69, 9.17) is 28.3 Å². The second-order valence-corrected chi connectivity index (χ2v) is 7.09. The van der Waals surface area contributed by atoms with E-state index in [-0.39, 0.29) is 35.8 Å². The summed E-state index contributed by atoms with van der Waals surface area (Å²) >= 11 is 11.9. The Labute approximate surface area is 128 Å². The highest BCUT2D eigenvalue weighted by Crippen LogP contribution is 2.31. The van der Waals surface area contributed by atoms with Crippen LogP contribution in [0, 0.1) is 0 Å². The standard InChI is InChI=1S/C12H15Cl2NO4S/c1-2-20(18,19)15(7-3-4-12(16)17)11-8-9(13)5-6-10(11)14/h5-6,8H,2-4,7H2,1H3,(H,16,17). The molecule has 0 bridgehead atoms. The van der Waals surface area contributed by atoms with Crippen LogP contribution in [0.3, 0.4) is 0 Å². The van der Waals surface area contributed by atoms with Gasteiger partial charge in [-0.25, -0.2) is 8.42 Å². The van der Waals surface area contributed by atoms with Crippen LogP contribution < -0.4 is 4.31 Å². The van der Waals surface area contributed by atoms with E-state index in [9.17, 15) is 13.2 Å². The zero-order chi connectivity index (χ0) is 15.3. The molecule has 0 aliphatic carbocycles. The first kappa shape index (κ1) is 17.1. The quantitative estimate of drug-likeness (QED) is 0.828. The Hall–Kier alpha value is -0.980. The van der Waals surface area contributed by atoms with E-state index >= 15 is 0 Å². The number of aliphatic carboxylic acids is 1. The highest BCUT2D eigenvalue weighted by atomic mass is 35.5. The molecule has 1 aromatic rings. The average molecular weight is 340 g/mol. The lowest BCUT2D eigenvalue weighted by Gasteiger charge is -2.24. The third-order valence-corrected chi connectivity index (χ3v) is 4.96. The predicted molar refractivity (Wildman–Crippen MR) is 80.1 cm³/mol. The molecular weight excluding hydrogens is 325 g/mol. The fourth-order valence-corrected chi connectivity index (χ4v) is 3.22. The molecule has 0 spiro atoms. The molecule has 112 valence electrons. The number of nitrogens with zero attached hydrogens (tertiary/aromatic N) is 1. The van der Waals surface area contributed by atoms with Gasteiger partial charge in [0.15, 0.2) is 0 Å². The Bertz CT molecular complexity index is 589. The summed E-state index contributed by atoms with van der Waals surface area (Å²) in [5.74, 6) is -1.08. The number of benzene rings is 1. The topological polar surface area (TPSA) is 74.7 Å². The Morgan fingerprint density at radius 1 is 1.35 bits per heavy atom. The molecule has 0 saturated carbocycles. The van der Waals surface area contributed by atoms with Gasteiger partial charge < -0.3 is 5.11 Å². The maximum atomic E-state index is 12.1. The molecule has 8 heteroatoms. The molecule has 1 aromatic carbocycles. The highest BCUT2D eigenvalue weighted by Gasteiger charge is 2.23. The van der Waals surface area contributed by atoms with E-state index in [0.29, 0.717) is 5.02 Å². The summed E-state index contributed by atoms with van der Waals surface area (Å²) in [6.07, 6.45) is 0.0747. The number of hydrogen-bond donors (Lipinski definition) is 1. The van der Waals surface area contributed by atoms with Gasteiger partial charge in [0.2, 0.25) is 10.0 Å². The van der Waals surface area contributed by atoms with Gasteiger partial charge in [0.25, 0.3) is 0 Å². The van der Waals surface area contributed by atoms with Gasteiger partial charge in [0, 0.05) is 18.0 Å². The largest absolute Gasteiger partial charge is 0.481 e. The van der Waals surface area contributed by atoms with Crippen molar-refractivity contribution in [3.63, 3.8) is 0 Å². The summed E-state index contributed by atoms with van der Waals surface area (Å²) in [5.41, 5.74) is 0.270. The van der Waals surface area contributed by atoms with Crippen LogP contribution in [0.15, 0.2) is 18.2 Å². The maximum Gasteiger partial charge on any atom is 0.303 e. The molecule has 0 saturated heterocycles. The minimum Gasteiger partial charge on any atom is -0.481 e. The molecule has 5 nitrogen and oxygen atoms in total. The zero-order valence-corrected chi connectivity index (χ0v) is 13.2. The first-order valence-electron chi connectivity index (χ1n) is 5.95. The molecule has 0 aromatic heterocycles. The van der Waals surface area contributed by atoms with Crippen molar-refractivity contribution in [3.8, 4) is 0 Å². The molecule has 1 rings (SSSR count). The lowest BCUT2D eigenvalue weighted by molar-refractivity contribution is -0.137. The van der Waals surface area contributed by atoms with Gasteiger partial charge in [-0.2, -0.15) is 0 Å². The van der Waals surface area contributed by atoms with E-state index in [0.717, 1.165) is 4.31 Å². The van der Waals surface area contributed by atoms with Crippen molar-refractivity contribution in [2.45, 2.75) is 19.8 Å². The van der Waals surface area contributed by atoms with Crippen LogP contribution in [-0.2, 0) is 14.8 Å². The second-order valence-electron chi connectivity index (χ2n) is 4.07. The zero-order valence-electron chi connectivity index (χ0n) is 10.8. The molecule has 20 heavy (non-hydrogen) atoms. The molecule has 0 heterocycles. The second kappa shape index (κ2) is 7.15. The Morgan fingerprint density at radius 2 is 2.00 bits per heavy atom. The van der Waals surface area contributed by atoms with Crippen molar-refractivity contribution in [2.75, 3.05) is 16.6 Å². The van der Waals surface area contributed by atoms with Crippen molar-refractivity contribution in [3.05, 3.63) is 28.2 Å². The van der Waals surface area contributed by atoms with Gasteiger partial charge in [-0.1, -0.05) is 23.2 Å². The number of anilines is 1. The molecule has 0 aliphatic rings. The lowest BCUT2D eigenvalue weighted by atomic mass is 10.3. The molecule has 0 fully saturated rings. The highest BCUT2D eigenvalue weighted by molar-refractivity contribution is 7.92. The molecule has 0 radical (unpaired) electrons. The summed E-state index contributed by atoms with van der Waals surface area (Å²) in [4.78, 5) is 10.5. The average Bonchev–Trinajstić information content (AvgIpc) is 2.37. The Morgan fingerprint density at radius 3 is 2.55 bits per heavy atom. The smallest absolute Gasteiger partial charge is 0.303 e. The molecule has 0 aliphatic heterocycles. The fourth-order valence-electron chi connectivity index (χ4n) is 1.62. The first-order chi connectivity index (χ1) is 9.27. The van der Waals surface area contributed by atoms with Gasteiger partial charge in [0.1, 0.15) is 0 Å². The van der Waals surface area contributed by atoms with Crippen LogP contribution in [0.4, 0.5) is 5.69 Å². The monoisotopic (exact) mass is 339 g/mol. The number of rotatable bonds is 7. The molecule has 1 N–H and O–H groups in total. The minimum atomic E-state index is -3.55. The van der Waals surface area contributed by atoms with E-state index < -0.39 is 16.0 Å². The van der Waals surface area contributed by atoms with Gasteiger partial charge in [0.05, 0.1) is 16.5 Å². The van der Waals surface area contributed by atoms with E-state index in [1.807, 2.05) is 0 Å². The number of carboxylic acids is 1. The molecule has 0 atom stereocenters. The Balaban J connectivity index is 3.10. The number of sulfonamides is 1. The van der Waals surface area contributed by atoms with E-state index in [1.54, 1.807) is 6.07 Å². The van der Waals surface area contributed by atoms with Crippen LogP contribution in [-0.4, -0.2) is 31.8 Å². The molecule has 0 unspecified atom stereocenters. The van der Waals surface area contributed by atoms with Crippen LogP contribution in [0.25, 0.3) is 0 Å². The third-order valence-electron chi connectivity index (χ3n) is 2.63. The van der Waals surface area contributed by atoms with Crippen molar-refractivity contribution in [1.82, 2.24) is 0 Å².